The van der Waals surface area contributed by atoms with Crippen LogP contribution in [0.3, 0.4) is 0 Å². The molecule has 0 fully saturated rings. The Bertz CT molecular complexity index is 1210. The molecule has 12 heteroatoms. The first kappa shape index (κ1) is 19.4. The number of hydrogen-bond acceptors (Lipinski definition) is 7. The molecule has 2 aromatic heterocycles. The Balaban J connectivity index is 1.71. The van der Waals surface area contributed by atoms with Gasteiger partial charge in [-0.1, -0.05) is 12.1 Å². The van der Waals surface area contributed by atoms with Crippen LogP contribution in [-0.2, 0) is 6.67 Å². The highest BCUT2D eigenvalue weighted by Gasteiger charge is 2.17. The van der Waals surface area contributed by atoms with E-state index < -0.39 is 24.9 Å². The number of nitrogens with one attached hydrogen (secondary N) is 1. The van der Waals surface area contributed by atoms with Crippen molar-refractivity contribution in [2.75, 3.05) is 11.1 Å². The van der Waals surface area contributed by atoms with Crippen LogP contribution >= 0.6 is 0 Å². The normalized spacial score (nSPS) is 11.2. The summed E-state index contributed by atoms with van der Waals surface area (Å²) in [5, 5.41) is 2.70. The summed E-state index contributed by atoms with van der Waals surface area (Å²) < 4.78 is 57.4. The second-order valence-corrected chi connectivity index (χ2v) is 5.95. The molecule has 2 aromatic carbocycles. The third-order valence-electron chi connectivity index (χ3n) is 3.99. The van der Waals surface area contributed by atoms with Crippen molar-refractivity contribution >= 4 is 28.6 Å². The van der Waals surface area contributed by atoms with Gasteiger partial charge in [-0.25, -0.2) is 13.8 Å². The van der Waals surface area contributed by atoms with Gasteiger partial charge in [0.15, 0.2) is 11.6 Å². The number of nitrogen functional groups attached to an aromatic ring is 1. The van der Waals surface area contributed by atoms with Crippen molar-refractivity contribution in [3.63, 3.8) is 0 Å². The summed E-state index contributed by atoms with van der Waals surface area (Å²) in [6.45, 7) is -4.03. The zero-order valence-electron chi connectivity index (χ0n) is 15.1. The van der Waals surface area contributed by atoms with E-state index >= 15 is 0 Å². The van der Waals surface area contributed by atoms with Crippen LogP contribution in [0.25, 0.3) is 17.0 Å². The molecule has 0 unspecified atom stereocenters. The molecule has 0 aliphatic heterocycles. The van der Waals surface area contributed by atoms with E-state index in [0.29, 0.717) is 11.0 Å². The third-order valence-corrected chi connectivity index (χ3v) is 3.99. The zero-order chi connectivity index (χ0) is 21.3. The van der Waals surface area contributed by atoms with Gasteiger partial charge in [0.2, 0.25) is 17.8 Å². The molecule has 3 N–H and O–H groups in total. The van der Waals surface area contributed by atoms with Gasteiger partial charge >= 0.3 is 6.61 Å². The Labute approximate surface area is 166 Å². The Morgan fingerprint density at radius 2 is 1.87 bits per heavy atom. The van der Waals surface area contributed by atoms with Crippen LogP contribution in [-0.4, -0.2) is 31.1 Å². The quantitative estimate of drug-likeness (QED) is 0.459. The number of imidazole rings is 1. The van der Waals surface area contributed by atoms with Gasteiger partial charge in [0, 0.05) is 11.8 Å². The highest BCUT2D eigenvalue weighted by atomic mass is 19.3. The van der Waals surface area contributed by atoms with E-state index in [1.165, 1.54) is 10.6 Å². The number of alkyl halides is 3. The van der Waals surface area contributed by atoms with E-state index in [1.807, 2.05) is 0 Å². The molecular weight excluding hydrogens is 406 g/mol. The summed E-state index contributed by atoms with van der Waals surface area (Å²) in [6.07, 6.45) is 0. The second-order valence-electron chi connectivity index (χ2n) is 5.95. The SMILES string of the molecule is Nc1nc(Nc2ccc(OC(F)F)c(F)c2)nc(-n2c(CF)nc3ccccc32)n1. The molecule has 4 aromatic rings. The zero-order valence-corrected chi connectivity index (χ0v) is 15.1. The van der Waals surface area contributed by atoms with Crippen LogP contribution in [0.4, 0.5) is 35.1 Å². The smallest absolute Gasteiger partial charge is 0.387 e. The molecule has 0 atom stereocenters. The van der Waals surface area contributed by atoms with Crippen LogP contribution in [0.2, 0.25) is 0 Å². The predicted molar refractivity (Wildman–Crippen MR) is 100.0 cm³/mol. The number of para-hydroxylation sites is 2. The van der Waals surface area contributed by atoms with Crippen LogP contribution < -0.4 is 15.8 Å². The van der Waals surface area contributed by atoms with Crippen molar-refractivity contribution in [1.82, 2.24) is 24.5 Å². The maximum atomic E-state index is 13.9. The van der Waals surface area contributed by atoms with E-state index in [4.69, 9.17) is 5.73 Å². The molecule has 0 spiro atoms. The molecule has 0 amide bonds. The lowest BCUT2D eigenvalue weighted by Gasteiger charge is -2.11. The minimum absolute atomic E-state index is 0.00414. The topological polar surface area (TPSA) is 104 Å². The Morgan fingerprint density at radius 3 is 2.60 bits per heavy atom. The summed E-state index contributed by atoms with van der Waals surface area (Å²) >= 11 is 0. The fourth-order valence-corrected chi connectivity index (χ4v) is 2.82. The monoisotopic (exact) mass is 419 g/mol. The van der Waals surface area contributed by atoms with Crippen LogP contribution in [0.15, 0.2) is 42.5 Å². The molecule has 0 saturated heterocycles. The largest absolute Gasteiger partial charge is 0.432 e. The molecule has 0 aliphatic rings. The number of rotatable bonds is 6. The lowest BCUT2D eigenvalue weighted by molar-refractivity contribution is -0.0521. The molecule has 154 valence electrons. The molecule has 30 heavy (non-hydrogen) atoms. The number of fused-ring (bicyclic) bond motifs is 1. The Hall–Kier alpha value is -3.96. The molecule has 0 aliphatic carbocycles. The van der Waals surface area contributed by atoms with E-state index in [-0.39, 0.29) is 29.4 Å². The average Bonchev–Trinajstić information content (AvgIpc) is 3.08. The van der Waals surface area contributed by atoms with E-state index in [1.54, 1.807) is 24.3 Å². The van der Waals surface area contributed by atoms with Crippen molar-refractivity contribution in [1.29, 1.82) is 0 Å². The standard InChI is InChI=1S/C18H13F4N7O/c19-8-14-25-11-3-1-2-4-12(11)29(14)18-27-16(23)26-17(28-18)24-9-5-6-13(10(20)7-9)30-15(21)22/h1-7,15H,8H2,(H3,23,24,26,27,28). The molecule has 4 rings (SSSR count). The van der Waals surface area contributed by atoms with E-state index in [9.17, 15) is 17.6 Å². The summed E-state index contributed by atoms with van der Waals surface area (Å²) in [5.74, 6) is -1.80. The van der Waals surface area contributed by atoms with Gasteiger partial charge in [0.25, 0.3) is 0 Å². The molecular formula is C18H13F4N7O. The van der Waals surface area contributed by atoms with Gasteiger partial charge in [-0.05, 0) is 24.3 Å². The average molecular weight is 419 g/mol. The minimum atomic E-state index is -3.15. The first-order chi connectivity index (χ1) is 14.4. The van der Waals surface area contributed by atoms with Gasteiger partial charge in [0.1, 0.15) is 12.5 Å². The lowest BCUT2D eigenvalue weighted by atomic mass is 10.3. The van der Waals surface area contributed by atoms with E-state index in [2.05, 4.69) is 30.0 Å². The second kappa shape index (κ2) is 7.81. The van der Waals surface area contributed by atoms with Crippen molar-refractivity contribution in [3.05, 3.63) is 54.1 Å². The number of nitrogens with zero attached hydrogens (tertiary/aromatic N) is 5. The Kier molecular flexibility index (Phi) is 5.04. The fraction of sp³-hybridized carbons (Fsp3) is 0.111. The summed E-state index contributed by atoms with van der Waals surface area (Å²) in [4.78, 5) is 16.4. The van der Waals surface area contributed by atoms with E-state index in [0.717, 1.165) is 12.1 Å². The number of anilines is 3. The fourth-order valence-electron chi connectivity index (χ4n) is 2.82. The first-order valence-corrected chi connectivity index (χ1v) is 8.50. The number of hydrogen-bond donors (Lipinski definition) is 2. The van der Waals surface area contributed by atoms with Crippen LogP contribution in [0.5, 0.6) is 5.75 Å². The lowest BCUT2D eigenvalue weighted by Crippen LogP contribution is -2.11. The van der Waals surface area contributed by atoms with Gasteiger partial charge in [0.05, 0.1) is 11.0 Å². The van der Waals surface area contributed by atoms with Crippen molar-refractivity contribution in [3.8, 4) is 11.7 Å². The predicted octanol–water partition coefficient (Wildman–Crippen LogP) is 3.75. The minimum Gasteiger partial charge on any atom is -0.432 e. The summed E-state index contributed by atoms with van der Waals surface area (Å²) in [6, 6.07) is 10.2. The molecule has 2 heterocycles. The highest BCUT2D eigenvalue weighted by molar-refractivity contribution is 5.77. The van der Waals surface area contributed by atoms with Crippen LogP contribution in [0, 0.1) is 5.82 Å². The van der Waals surface area contributed by atoms with Crippen molar-refractivity contribution in [2.24, 2.45) is 0 Å². The number of aromatic nitrogens is 5. The van der Waals surface area contributed by atoms with Gasteiger partial charge in [-0.3, -0.25) is 4.57 Å². The molecule has 0 radical (unpaired) electrons. The Morgan fingerprint density at radius 1 is 1.07 bits per heavy atom. The molecule has 0 saturated carbocycles. The van der Waals surface area contributed by atoms with Gasteiger partial charge in [-0.15, -0.1) is 0 Å². The third kappa shape index (κ3) is 3.79. The number of nitrogens with two attached hydrogens (primary N) is 1. The first-order valence-electron chi connectivity index (χ1n) is 8.50. The van der Waals surface area contributed by atoms with Gasteiger partial charge in [-0.2, -0.15) is 23.7 Å². The maximum Gasteiger partial charge on any atom is 0.387 e. The van der Waals surface area contributed by atoms with Crippen molar-refractivity contribution < 1.29 is 22.3 Å². The number of ether oxygens (including phenoxy) is 1. The number of benzene rings is 2. The van der Waals surface area contributed by atoms with Gasteiger partial charge < -0.3 is 15.8 Å². The maximum absolute atomic E-state index is 13.9. The molecule has 0 bridgehead atoms. The van der Waals surface area contributed by atoms with Crippen molar-refractivity contribution in [2.45, 2.75) is 13.3 Å². The highest BCUT2D eigenvalue weighted by Crippen LogP contribution is 2.25. The summed E-state index contributed by atoms with van der Waals surface area (Å²) in [7, 11) is 0. The number of halogens is 4. The van der Waals surface area contributed by atoms with Crippen LogP contribution in [0.1, 0.15) is 5.82 Å². The molecule has 8 nitrogen and oxygen atoms in total. The summed E-state index contributed by atoms with van der Waals surface area (Å²) in [5.41, 5.74) is 7.00.